The Morgan fingerprint density at radius 1 is 1.53 bits per heavy atom. The Morgan fingerprint density at radius 3 is 2.95 bits per heavy atom. The summed E-state index contributed by atoms with van der Waals surface area (Å²) in [5.41, 5.74) is 7.01. The second-order valence-corrected chi connectivity index (χ2v) is 6.16. The summed E-state index contributed by atoms with van der Waals surface area (Å²) >= 11 is 6.15. The van der Waals surface area contributed by atoms with E-state index in [1.165, 1.54) is 0 Å². The molecule has 2 aromatic rings. The van der Waals surface area contributed by atoms with E-state index < -0.39 is 10.8 Å². The highest BCUT2D eigenvalue weighted by Gasteiger charge is 2.17. The number of halogens is 1. The monoisotopic (exact) mass is 299 g/mol. The SMILES string of the molecule is CC(CS(C)=O)n1nnnc1-c1cc(N)ccc1Cl. The fourth-order valence-electron chi connectivity index (χ4n) is 1.79. The van der Waals surface area contributed by atoms with Crippen molar-refractivity contribution in [3.8, 4) is 11.4 Å². The van der Waals surface area contributed by atoms with E-state index in [9.17, 15) is 4.21 Å². The minimum atomic E-state index is -0.929. The van der Waals surface area contributed by atoms with Crippen LogP contribution in [0.1, 0.15) is 13.0 Å². The topological polar surface area (TPSA) is 86.7 Å². The fourth-order valence-corrected chi connectivity index (χ4v) is 2.81. The number of nitrogen functional groups attached to an aromatic ring is 1. The minimum Gasteiger partial charge on any atom is -0.399 e. The molecule has 8 heteroatoms. The predicted octanol–water partition coefficient (Wildman–Crippen LogP) is 1.52. The molecule has 0 saturated carbocycles. The molecule has 0 bridgehead atoms. The molecule has 0 aliphatic carbocycles. The van der Waals surface area contributed by atoms with Gasteiger partial charge in [0, 0.05) is 34.1 Å². The quantitative estimate of drug-likeness (QED) is 0.865. The number of aromatic nitrogens is 4. The van der Waals surface area contributed by atoms with Crippen molar-refractivity contribution < 1.29 is 4.21 Å². The number of hydrogen-bond donors (Lipinski definition) is 1. The second kappa shape index (κ2) is 5.66. The van der Waals surface area contributed by atoms with Gasteiger partial charge in [-0.3, -0.25) is 4.21 Å². The van der Waals surface area contributed by atoms with Crippen LogP contribution in [0, 0.1) is 0 Å². The van der Waals surface area contributed by atoms with Gasteiger partial charge in [0.25, 0.3) is 0 Å². The van der Waals surface area contributed by atoms with Gasteiger partial charge in [-0.15, -0.1) is 5.10 Å². The van der Waals surface area contributed by atoms with Gasteiger partial charge in [0.1, 0.15) is 0 Å². The zero-order chi connectivity index (χ0) is 14.0. The number of nitrogens with zero attached hydrogens (tertiary/aromatic N) is 4. The van der Waals surface area contributed by atoms with Crippen LogP contribution in [0.5, 0.6) is 0 Å². The van der Waals surface area contributed by atoms with Crippen LogP contribution in [0.2, 0.25) is 5.02 Å². The molecule has 0 fully saturated rings. The molecule has 1 heterocycles. The zero-order valence-electron chi connectivity index (χ0n) is 10.6. The number of tetrazole rings is 1. The molecule has 0 aliphatic rings. The van der Waals surface area contributed by atoms with Gasteiger partial charge in [0.15, 0.2) is 5.82 Å². The van der Waals surface area contributed by atoms with Gasteiger partial charge < -0.3 is 5.73 Å². The average molecular weight is 300 g/mol. The number of benzene rings is 1. The summed E-state index contributed by atoms with van der Waals surface area (Å²) in [5, 5.41) is 12.1. The smallest absolute Gasteiger partial charge is 0.183 e. The molecule has 2 rings (SSSR count). The normalized spacial score (nSPS) is 14.3. The summed E-state index contributed by atoms with van der Waals surface area (Å²) in [4.78, 5) is 0. The number of anilines is 1. The van der Waals surface area contributed by atoms with Crippen molar-refractivity contribution in [1.29, 1.82) is 0 Å². The Bertz CT molecular complexity index is 615. The van der Waals surface area contributed by atoms with Crippen LogP contribution in [-0.4, -0.2) is 36.4 Å². The van der Waals surface area contributed by atoms with Crippen LogP contribution in [0.25, 0.3) is 11.4 Å². The highest BCUT2D eigenvalue weighted by Crippen LogP contribution is 2.29. The molecule has 0 amide bonds. The Labute approximate surface area is 118 Å². The van der Waals surface area contributed by atoms with Gasteiger partial charge in [-0.1, -0.05) is 11.6 Å². The van der Waals surface area contributed by atoms with Gasteiger partial charge >= 0.3 is 0 Å². The van der Waals surface area contributed by atoms with Gasteiger partial charge in [-0.25, -0.2) is 4.68 Å². The average Bonchev–Trinajstić information content (AvgIpc) is 2.80. The van der Waals surface area contributed by atoms with E-state index in [1.807, 2.05) is 6.92 Å². The van der Waals surface area contributed by atoms with Gasteiger partial charge in [0.2, 0.25) is 0 Å². The van der Waals surface area contributed by atoms with Gasteiger partial charge in [0.05, 0.1) is 11.1 Å². The molecule has 6 nitrogen and oxygen atoms in total. The van der Waals surface area contributed by atoms with E-state index in [4.69, 9.17) is 17.3 Å². The van der Waals surface area contributed by atoms with Crippen LogP contribution in [0.3, 0.4) is 0 Å². The molecule has 0 aliphatic heterocycles. The van der Waals surface area contributed by atoms with E-state index in [0.717, 1.165) is 0 Å². The van der Waals surface area contributed by atoms with E-state index in [-0.39, 0.29) is 6.04 Å². The Morgan fingerprint density at radius 2 is 2.26 bits per heavy atom. The van der Waals surface area contributed by atoms with Crippen molar-refractivity contribution in [2.45, 2.75) is 13.0 Å². The van der Waals surface area contributed by atoms with E-state index in [2.05, 4.69) is 15.5 Å². The maximum absolute atomic E-state index is 11.3. The van der Waals surface area contributed by atoms with E-state index >= 15 is 0 Å². The molecular weight excluding hydrogens is 286 g/mol. The molecule has 1 aromatic carbocycles. The maximum Gasteiger partial charge on any atom is 0.183 e. The van der Waals surface area contributed by atoms with Crippen molar-refractivity contribution in [2.75, 3.05) is 17.7 Å². The molecule has 2 atom stereocenters. The maximum atomic E-state index is 11.3. The lowest BCUT2D eigenvalue weighted by atomic mass is 10.2. The first kappa shape index (κ1) is 14.0. The van der Waals surface area contributed by atoms with Crippen LogP contribution >= 0.6 is 11.6 Å². The zero-order valence-corrected chi connectivity index (χ0v) is 12.1. The minimum absolute atomic E-state index is 0.0895. The summed E-state index contributed by atoms with van der Waals surface area (Å²) in [5.74, 6) is 0.994. The number of nitrogens with two attached hydrogens (primary N) is 1. The first-order chi connectivity index (χ1) is 8.99. The van der Waals surface area contributed by atoms with E-state index in [0.29, 0.717) is 27.9 Å². The lowest BCUT2D eigenvalue weighted by Gasteiger charge is -2.12. The highest BCUT2D eigenvalue weighted by molar-refractivity contribution is 7.84. The highest BCUT2D eigenvalue weighted by atomic mass is 35.5. The lowest BCUT2D eigenvalue weighted by Crippen LogP contribution is -2.15. The summed E-state index contributed by atoms with van der Waals surface area (Å²) in [6.45, 7) is 1.90. The van der Waals surface area contributed by atoms with Crippen molar-refractivity contribution in [3.05, 3.63) is 23.2 Å². The van der Waals surface area contributed by atoms with Crippen molar-refractivity contribution in [1.82, 2.24) is 20.2 Å². The fraction of sp³-hybridized carbons (Fsp3) is 0.364. The van der Waals surface area contributed by atoms with Gasteiger partial charge in [-0.05, 0) is 35.5 Å². The predicted molar refractivity (Wildman–Crippen MR) is 76.3 cm³/mol. The van der Waals surface area contributed by atoms with Crippen LogP contribution in [-0.2, 0) is 10.8 Å². The molecule has 2 N–H and O–H groups in total. The first-order valence-electron chi connectivity index (χ1n) is 5.62. The summed E-state index contributed by atoms with van der Waals surface area (Å²) in [6, 6.07) is 5.05. The van der Waals surface area contributed by atoms with Crippen LogP contribution < -0.4 is 5.73 Å². The molecule has 0 saturated heterocycles. The van der Waals surface area contributed by atoms with Crippen molar-refractivity contribution in [3.63, 3.8) is 0 Å². The molecule has 1 aromatic heterocycles. The third-order valence-corrected chi connectivity index (χ3v) is 3.90. The van der Waals surface area contributed by atoms with Crippen LogP contribution in [0.4, 0.5) is 5.69 Å². The molecule has 2 unspecified atom stereocenters. The summed E-state index contributed by atoms with van der Waals surface area (Å²) < 4.78 is 12.9. The summed E-state index contributed by atoms with van der Waals surface area (Å²) in [6.07, 6.45) is 1.65. The third kappa shape index (κ3) is 3.10. The molecule has 0 spiro atoms. The Balaban J connectivity index is 2.44. The van der Waals surface area contributed by atoms with Gasteiger partial charge in [-0.2, -0.15) is 0 Å². The standard InChI is InChI=1S/C11H14ClN5OS/c1-7(6-19(2)18)17-11(14-15-16-17)9-5-8(13)3-4-10(9)12/h3-5,7H,6,13H2,1-2H3. The Hall–Kier alpha value is -1.47. The van der Waals surface area contributed by atoms with E-state index in [1.54, 1.807) is 29.1 Å². The molecule has 0 radical (unpaired) electrons. The van der Waals surface area contributed by atoms with Crippen LogP contribution in [0.15, 0.2) is 18.2 Å². The van der Waals surface area contributed by atoms with Crippen molar-refractivity contribution >= 4 is 28.1 Å². The Kier molecular flexibility index (Phi) is 4.16. The summed E-state index contributed by atoms with van der Waals surface area (Å²) in [7, 11) is -0.929. The second-order valence-electron chi connectivity index (χ2n) is 4.28. The third-order valence-electron chi connectivity index (χ3n) is 2.62. The first-order valence-corrected chi connectivity index (χ1v) is 7.73. The largest absolute Gasteiger partial charge is 0.399 e. The molecule has 102 valence electrons. The molecular formula is C11H14ClN5OS. The number of rotatable bonds is 4. The molecule has 19 heavy (non-hydrogen) atoms. The lowest BCUT2D eigenvalue weighted by molar-refractivity contribution is 0.521. The number of hydrogen-bond acceptors (Lipinski definition) is 5. The van der Waals surface area contributed by atoms with Crippen molar-refractivity contribution in [2.24, 2.45) is 0 Å².